The number of anilines is 1. The molecule has 0 spiro atoms. The van der Waals surface area contributed by atoms with Gasteiger partial charge in [0.2, 0.25) is 5.78 Å². The molecule has 10 heteroatoms. The Labute approximate surface area is 180 Å². The van der Waals surface area contributed by atoms with Crippen molar-refractivity contribution in [2.75, 3.05) is 5.73 Å². The number of benzene rings is 1. The van der Waals surface area contributed by atoms with Crippen LogP contribution in [0.25, 0.3) is 20.8 Å². The van der Waals surface area contributed by atoms with Gasteiger partial charge in [-0.15, -0.1) is 22.7 Å². The highest BCUT2D eigenvalue weighted by Crippen LogP contribution is 2.45. The van der Waals surface area contributed by atoms with Crippen LogP contribution in [0.1, 0.15) is 20.8 Å². The molecule has 1 aromatic carbocycles. The molecular weight excluding hydrogens is 464 g/mol. The van der Waals surface area contributed by atoms with Gasteiger partial charge in [-0.1, -0.05) is 35.3 Å². The van der Waals surface area contributed by atoms with Crippen LogP contribution >= 0.6 is 45.9 Å². The average molecular weight is 473 g/mol. The number of hydrogen-bond donors (Lipinski definition) is 1. The number of fused-ring (bicyclic) bond motifs is 1. The summed E-state index contributed by atoms with van der Waals surface area (Å²) in [5.41, 5.74) is 4.93. The van der Waals surface area contributed by atoms with E-state index in [1.54, 1.807) is 23.6 Å². The SMILES string of the molecule is Nc1c(C(=O)c2c(Cl)cccc2Cl)sc2nc(-c3cccs3)cc(C(F)(F)F)c12. The Balaban J connectivity index is 1.99. The number of hydrogen-bond acceptors (Lipinski definition) is 5. The number of halogens is 5. The van der Waals surface area contributed by atoms with E-state index in [4.69, 9.17) is 28.9 Å². The Morgan fingerprint density at radius 3 is 2.38 bits per heavy atom. The molecule has 0 aliphatic rings. The maximum Gasteiger partial charge on any atom is 0.417 e. The predicted molar refractivity (Wildman–Crippen MR) is 112 cm³/mol. The lowest BCUT2D eigenvalue weighted by Crippen LogP contribution is -2.08. The van der Waals surface area contributed by atoms with Gasteiger partial charge in [0.1, 0.15) is 9.71 Å². The molecule has 0 atom stereocenters. The average Bonchev–Trinajstić information content (AvgIpc) is 3.28. The summed E-state index contributed by atoms with van der Waals surface area (Å²) in [6, 6.07) is 8.85. The van der Waals surface area contributed by atoms with Gasteiger partial charge < -0.3 is 5.73 Å². The minimum Gasteiger partial charge on any atom is -0.397 e. The number of alkyl halides is 3. The summed E-state index contributed by atoms with van der Waals surface area (Å²) in [5.74, 6) is -0.646. The number of nitrogens with two attached hydrogens (primary N) is 1. The van der Waals surface area contributed by atoms with Gasteiger partial charge in [-0.25, -0.2) is 4.98 Å². The van der Waals surface area contributed by atoms with E-state index in [9.17, 15) is 18.0 Å². The van der Waals surface area contributed by atoms with Crippen molar-refractivity contribution in [3.05, 3.63) is 67.8 Å². The second-order valence-electron chi connectivity index (χ2n) is 5.98. The fourth-order valence-corrected chi connectivity index (χ4v) is 5.21. The maximum absolute atomic E-state index is 13.8. The molecule has 0 radical (unpaired) electrons. The van der Waals surface area contributed by atoms with Crippen LogP contribution in [0, 0.1) is 0 Å². The van der Waals surface area contributed by atoms with Crippen LogP contribution < -0.4 is 5.73 Å². The third kappa shape index (κ3) is 3.50. The zero-order chi connectivity index (χ0) is 20.9. The molecule has 0 bridgehead atoms. The third-order valence-electron chi connectivity index (χ3n) is 4.17. The van der Waals surface area contributed by atoms with Crippen LogP contribution in [0.3, 0.4) is 0 Å². The van der Waals surface area contributed by atoms with Crippen molar-refractivity contribution in [2.45, 2.75) is 6.18 Å². The lowest BCUT2D eigenvalue weighted by Gasteiger charge is -2.10. The van der Waals surface area contributed by atoms with Crippen LogP contribution in [-0.4, -0.2) is 10.8 Å². The summed E-state index contributed by atoms with van der Waals surface area (Å²) in [6.07, 6.45) is -4.68. The Morgan fingerprint density at radius 1 is 1.10 bits per heavy atom. The molecule has 4 aromatic rings. The van der Waals surface area contributed by atoms with Crippen LogP contribution in [0.15, 0.2) is 41.8 Å². The van der Waals surface area contributed by atoms with Crippen molar-refractivity contribution in [3.63, 3.8) is 0 Å². The van der Waals surface area contributed by atoms with E-state index in [0.29, 0.717) is 4.88 Å². The highest BCUT2D eigenvalue weighted by atomic mass is 35.5. The molecule has 29 heavy (non-hydrogen) atoms. The van der Waals surface area contributed by atoms with E-state index < -0.39 is 17.5 Å². The highest BCUT2D eigenvalue weighted by molar-refractivity contribution is 7.21. The molecular formula is C19H9Cl2F3N2OS2. The number of nitrogen functional groups attached to an aromatic ring is 1. The number of thiophene rings is 2. The van der Waals surface area contributed by atoms with Crippen LogP contribution in [0.2, 0.25) is 10.0 Å². The minimum absolute atomic E-state index is 0.0128. The molecule has 148 valence electrons. The van der Waals surface area contributed by atoms with E-state index >= 15 is 0 Å². The van der Waals surface area contributed by atoms with Crippen molar-refractivity contribution >= 4 is 67.6 Å². The van der Waals surface area contributed by atoms with Gasteiger partial charge in [0.25, 0.3) is 0 Å². The Morgan fingerprint density at radius 2 is 1.79 bits per heavy atom. The van der Waals surface area contributed by atoms with Crippen molar-refractivity contribution in [1.82, 2.24) is 4.98 Å². The molecule has 0 fully saturated rings. The van der Waals surface area contributed by atoms with Crippen molar-refractivity contribution in [2.24, 2.45) is 0 Å². The van der Waals surface area contributed by atoms with E-state index in [1.807, 2.05) is 0 Å². The van der Waals surface area contributed by atoms with Crippen LogP contribution in [-0.2, 0) is 6.18 Å². The number of carbonyl (C=O) groups is 1. The summed E-state index contributed by atoms with van der Waals surface area (Å²) in [6.45, 7) is 0. The van der Waals surface area contributed by atoms with Gasteiger partial charge in [-0.3, -0.25) is 4.79 Å². The zero-order valence-electron chi connectivity index (χ0n) is 14.2. The molecule has 0 aliphatic heterocycles. The Bertz CT molecular complexity index is 1230. The highest BCUT2D eigenvalue weighted by Gasteiger charge is 2.36. The maximum atomic E-state index is 13.8. The minimum atomic E-state index is -4.68. The normalized spacial score (nSPS) is 11.9. The second-order valence-corrected chi connectivity index (χ2v) is 8.74. The first-order valence-corrected chi connectivity index (χ1v) is 10.5. The van der Waals surface area contributed by atoms with Gasteiger partial charge in [0, 0.05) is 5.39 Å². The van der Waals surface area contributed by atoms with E-state index in [2.05, 4.69) is 4.98 Å². The topological polar surface area (TPSA) is 56.0 Å². The molecule has 3 nitrogen and oxygen atoms in total. The van der Waals surface area contributed by atoms with Gasteiger partial charge >= 0.3 is 6.18 Å². The molecule has 0 unspecified atom stereocenters. The first-order valence-electron chi connectivity index (χ1n) is 8.01. The van der Waals surface area contributed by atoms with Crippen LogP contribution in [0.4, 0.5) is 18.9 Å². The molecule has 3 heterocycles. The van der Waals surface area contributed by atoms with Crippen molar-refractivity contribution in [1.29, 1.82) is 0 Å². The fourth-order valence-electron chi connectivity index (χ4n) is 2.89. The number of pyridine rings is 1. The van der Waals surface area contributed by atoms with Gasteiger partial charge in [0.15, 0.2) is 0 Å². The van der Waals surface area contributed by atoms with Crippen molar-refractivity contribution in [3.8, 4) is 10.6 Å². The second kappa shape index (κ2) is 7.28. The molecule has 0 saturated heterocycles. The van der Waals surface area contributed by atoms with E-state index in [1.165, 1.54) is 23.5 Å². The largest absolute Gasteiger partial charge is 0.417 e. The summed E-state index contributed by atoms with van der Waals surface area (Å²) >= 11 is 14.2. The number of carbonyl (C=O) groups excluding carboxylic acids is 1. The van der Waals surface area contributed by atoms with Crippen LogP contribution in [0.5, 0.6) is 0 Å². The van der Waals surface area contributed by atoms with Gasteiger partial charge in [-0.05, 0) is 29.6 Å². The summed E-state index contributed by atoms with van der Waals surface area (Å²) < 4.78 is 41.3. The zero-order valence-corrected chi connectivity index (χ0v) is 17.3. The fraction of sp³-hybridized carbons (Fsp3) is 0.0526. The molecule has 3 aromatic heterocycles. The molecule has 0 amide bonds. The van der Waals surface area contributed by atoms with Gasteiger partial charge in [0.05, 0.1) is 37.4 Å². The monoisotopic (exact) mass is 472 g/mol. The first kappa shape index (κ1) is 20.2. The number of nitrogens with zero attached hydrogens (tertiary/aromatic N) is 1. The number of rotatable bonds is 3. The summed E-state index contributed by atoms with van der Waals surface area (Å²) in [5, 5.41) is 1.62. The van der Waals surface area contributed by atoms with Gasteiger partial charge in [-0.2, -0.15) is 13.2 Å². The first-order chi connectivity index (χ1) is 13.7. The number of aromatic nitrogens is 1. The molecule has 0 saturated carbocycles. The Kier molecular flexibility index (Phi) is 5.06. The standard InChI is InChI=1S/C19H9Cl2F3N2OS2/c20-9-3-1-4-10(21)14(9)16(27)17-15(25)13-8(19(22,23)24)7-11(26-18(13)29-17)12-5-2-6-28-12/h1-7H,25H2. The molecule has 4 rings (SSSR count). The third-order valence-corrected chi connectivity index (χ3v) is 6.79. The van der Waals surface area contributed by atoms with E-state index in [0.717, 1.165) is 17.4 Å². The summed E-state index contributed by atoms with van der Waals surface area (Å²) in [7, 11) is 0. The van der Waals surface area contributed by atoms with E-state index in [-0.39, 0.29) is 42.1 Å². The Hall–Kier alpha value is -2.13. The predicted octanol–water partition coefficient (Wildman–Crippen LogP) is 7.16. The summed E-state index contributed by atoms with van der Waals surface area (Å²) in [4.78, 5) is 17.8. The van der Waals surface area contributed by atoms with Crippen molar-refractivity contribution < 1.29 is 18.0 Å². The quantitative estimate of drug-likeness (QED) is 0.321. The lowest BCUT2D eigenvalue weighted by atomic mass is 10.1. The number of ketones is 1. The smallest absolute Gasteiger partial charge is 0.397 e. The molecule has 2 N–H and O–H groups in total. The molecule has 0 aliphatic carbocycles. The lowest BCUT2D eigenvalue weighted by molar-refractivity contribution is -0.136.